The first-order chi connectivity index (χ1) is 10.1. The maximum absolute atomic E-state index is 12.1. The van der Waals surface area contributed by atoms with Gasteiger partial charge in [0, 0.05) is 36.7 Å². The van der Waals surface area contributed by atoms with Gasteiger partial charge in [0.1, 0.15) is 0 Å². The largest absolute Gasteiger partial charge is 0.398 e. The fourth-order valence-electron chi connectivity index (χ4n) is 3.08. The van der Waals surface area contributed by atoms with Crippen LogP contribution in [-0.2, 0) is 4.74 Å². The van der Waals surface area contributed by atoms with Gasteiger partial charge in [-0.1, -0.05) is 0 Å². The summed E-state index contributed by atoms with van der Waals surface area (Å²) >= 11 is 0. The summed E-state index contributed by atoms with van der Waals surface area (Å²) in [5.74, 6) is -0.188. The number of nitrogen functional groups attached to an aromatic ring is 1. The molecule has 3 rings (SSSR count). The van der Waals surface area contributed by atoms with Crippen LogP contribution in [0.4, 0.5) is 5.69 Å². The molecule has 1 amide bonds. The van der Waals surface area contributed by atoms with Crippen LogP contribution >= 0.6 is 0 Å². The SMILES string of the molecule is Cc1cc(N)c(C(=O)NCC2CN3CCCC3CO2)cn1. The monoisotopic (exact) mass is 290 g/mol. The summed E-state index contributed by atoms with van der Waals surface area (Å²) < 4.78 is 5.82. The van der Waals surface area contributed by atoms with E-state index >= 15 is 0 Å². The van der Waals surface area contributed by atoms with Gasteiger partial charge in [-0.15, -0.1) is 0 Å². The maximum Gasteiger partial charge on any atom is 0.255 e. The molecular weight excluding hydrogens is 268 g/mol. The molecule has 0 aliphatic carbocycles. The molecule has 2 unspecified atom stereocenters. The van der Waals surface area contributed by atoms with Crippen LogP contribution in [0.5, 0.6) is 0 Å². The van der Waals surface area contributed by atoms with Gasteiger partial charge in [-0.3, -0.25) is 14.7 Å². The highest BCUT2D eigenvalue weighted by molar-refractivity contribution is 5.98. The number of nitrogens with one attached hydrogen (secondary N) is 1. The van der Waals surface area contributed by atoms with Crippen molar-refractivity contribution in [1.29, 1.82) is 0 Å². The van der Waals surface area contributed by atoms with E-state index in [-0.39, 0.29) is 12.0 Å². The number of hydrogen-bond donors (Lipinski definition) is 2. The van der Waals surface area contributed by atoms with Gasteiger partial charge >= 0.3 is 0 Å². The lowest BCUT2D eigenvalue weighted by Crippen LogP contribution is -2.50. The molecule has 2 saturated heterocycles. The van der Waals surface area contributed by atoms with Gasteiger partial charge in [0.25, 0.3) is 5.91 Å². The van der Waals surface area contributed by atoms with Gasteiger partial charge in [-0.05, 0) is 32.4 Å². The smallest absolute Gasteiger partial charge is 0.255 e. The van der Waals surface area contributed by atoms with E-state index in [1.54, 1.807) is 6.07 Å². The molecule has 2 aliphatic rings. The van der Waals surface area contributed by atoms with Crippen molar-refractivity contribution in [2.24, 2.45) is 0 Å². The van der Waals surface area contributed by atoms with Gasteiger partial charge in [-0.2, -0.15) is 0 Å². The molecule has 114 valence electrons. The number of morpholine rings is 1. The Labute approximate surface area is 124 Å². The highest BCUT2D eigenvalue weighted by Gasteiger charge is 2.32. The highest BCUT2D eigenvalue weighted by Crippen LogP contribution is 2.22. The molecule has 0 radical (unpaired) electrons. The van der Waals surface area contributed by atoms with E-state index in [9.17, 15) is 4.79 Å². The van der Waals surface area contributed by atoms with Crippen molar-refractivity contribution in [2.75, 3.05) is 32.0 Å². The number of rotatable bonds is 3. The predicted molar refractivity (Wildman–Crippen MR) is 80.1 cm³/mol. The molecule has 21 heavy (non-hydrogen) atoms. The first kappa shape index (κ1) is 14.3. The molecule has 2 fully saturated rings. The number of carbonyl (C=O) groups is 1. The van der Waals surface area contributed by atoms with Crippen molar-refractivity contribution in [3.63, 3.8) is 0 Å². The van der Waals surface area contributed by atoms with Crippen LogP contribution in [0.2, 0.25) is 0 Å². The van der Waals surface area contributed by atoms with Crippen LogP contribution in [0, 0.1) is 6.92 Å². The maximum atomic E-state index is 12.1. The minimum Gasteiger partial charge on any atom is -0.398 e. The quantitative estimate of drug-likeness (QED) is 0.850. The number of nitrogens with two attached hydrogens (primary N) is 1. The van der Waals surface area contributed by atoms with Crippen LogP contribution < -0.4 is 11.1 Å². The van der Waals surface area contributed by atoms with E-state index in [1.165, 1.54) is 19.0 Å². The van der Waals surface area contributed by atoms with Crippen molar-refractivity contribution < 1.29 is 9.53 Å². The van der Waals surface area contributed by atoms with Crippen LogP contribution in [0.3, 0.4) is 0 Å². The summed E-state index contributed by atoms with van der Waals surface area (Å²) in [6.07, 6.45) is 4.06. The number of aromatic nitrogens is 1. The molecule has 6 nitrogen and oxygen atoms in total. The number of pyridine rings is 1. The molecule has 6 heteroatoms. The fraction of sp³-hybridized carbons (Fsp3) is 0.600. The molecule has 2 aliphatic heterocycles. The zero-order valence-electron chi connectivity index (χ0n) is 12.3. The molecule has 2 atom stereocenters. The summed E-state index contributed by atoms with van der Waals surface area (Å²) in [6.45, 7) is 5.17. The topological polar surface area (TPSA) is 80.5 Å². The summed E-state index contributed by atoms with van der Waals surface area (Å²) in [4.78, 5) is 18.7. The van der Waals surface area contributed by atoms with Crippen molar-refractivity contribution >= 4 is 11.6 Å². The van der Waals surface area contributed by atoms with Gasteiger partial charge in [0.15, 0.2) is 0 Å². The Morgan fingerprint density at radius 2 is 2.48 bits per heavy atom. The van der Waals surface area contributed by atoms with Crippen molar-refractivity contribution in [1.82, 2.24) is 15.2 Å². The number of ether oxygens (including phenoxy) is 1. The molecule has 3 heterocycles. The van der Waals surface area contributed by atoms with Crippen molar-refractivity contribution in [3.8, 4) is 0 Å². The summed E-state index contributed by atoms with van der Waals surface area (Å²) in [5, 5.41) is 2.90. The summed E-state index contributed by atoms with van der Waals surface area (Å²) in [6, 6.07) is 2.29. The highest BCUT2D eigenvalue weighted by atomic mass is 16.5. The second kappa shape index (κ2) is 5.99. The van der Waals surface area contributed by atoms with Crippen molar-refractivity contribution in [2.45, 2.75) is 31.9 Å². The van der Waals surface area contributed by atoms with Crippen LogP contribution in [0.1, 0.15) is 28.9 Å². The average Bonchev–Trinajstić information content (AvgIpc) is 2.92. The Morgan fingerprint density at radius 3 is 3.29 bits per heavy atom. The molecule has 0 spiro atoms. The molecule has 0 saturated carbocycles. The van der Waals surface area contributed by atoms with E-state index in [1.807, 2.05) is 6.92 Å². The molecule has 1 aromatic heterocycles. The zero-order chi connectivity index (χ0) is 14.8. The number of anilines is 1. The van der Waals surface area contributed by atoms with Gasteiger partial charge < -0.3 is 15.8 Å². The first-order valence-corrected chi connectivity index (χ1v) is 7.49. The summed E-state index contributed by atoms with van der Waals surface area (Å²) in [5.41, 5.74) is 7.55. The first-order valence-electron chi connectivity index (χ1n) is 7.49. The summed E-state index contributed by atoms with van der Waals surface area (Å²) in [7, 11) is 0. The van der Waals surface area contributed by atoms with E-state index in [2.05, 4.69) is 15.2 Å². The Bertz CT molecular complexity index is 534. The Balaban J connectivity index is 1.54. The second-order valence-electron chi connectivity index (χ2n) is 5.87. The number of amides is 1. The van der Waals surface area contributed by atoms with Gasteiger partial charge in [-0.25, -0.2) is 0 Å². The zero-order valence-corrected chi connectivity index (χ0v) is 12.3. The third-order valence-corrected chi connectivity index (χ3v) is 4.27. The lowest BCUT2D eigenvalue weighted by atomic mass is 10.1. The molecular formula is C15H22N4O2. The van der Waals surface area contributed by atoms with Crippen LogP contribution in [0.25, 0.3) is 0 Å². The third-order valence-electron chi connectivity index (χ3n) is 4.27. The third kappa shape index (κ3) is 3.16. The minimum atomic E-state index is -0.188. The lowest BCUT2D eigenvalue weighted by Gasteiger charge is -2.35. The van der Waals surface area contributed by atoms with E-state index < -0.39 is 0 Å². The second-order valence-corrected chi connectivity index (χ2v) is 5.87. The fourth-order valence-corrected chi connectivity index (χ4v) is 3.08. The number of hydrogen-bond acceptors (Lipinski definition) is 5. The average molecular weight is 290 g/mol. The molecule has 0 bridgehead atoms. The molecule has 1 aromatic rings. The minimum absolute atomic E-state index is 0.0583. The Morgan fingerprint density at radius 1 is 1.62 bits per heavy atom. The normalized spacial score (nSPS) is 25.6. The standard InChI is InChI=1S/C15H22N4O2/c1-10-5-14(16)13(7-17-10)15(20)18-6-12-8-19-4-2-3-11(19)9-21-12/h5,7,11-12H,2-4,6,8-9H2,1H3,(H2,16,17)(H,18,20). The molecule has 3 N–H and O–H groups in total. The number of fused-ring (bicyclic) bond motifs is 1. The van der Waals surface area contributed by atoms with Crippen molar-refractivity contribution in [3.05, 3.63) is 23.5 Å². The van der Waals surface area contributed by atoms with Gasteiger partial charge in [0.05, 0.1) is 18.3 Å². The van der Waals surface area contributed by atoms with Gasteiger partial charge in [0.2, 0.25) is 0 Å². The van der Waals surface area contributed by atoms with Crippen LogP contribution in [0.15, 0.2) is 12.3 Å². The number of aryl methyl sites for hydroxylation is 1. The predicted octanol–water partition coefficient (Wildman–Crippen LogP) is 0.565. The van der Waals surface area contributed by atoms with E-state index in [0.29, 0.717) is 23.8 Å². The number of nitrogens with zero attached hydrogens (tertiary/aromatic N) is 2. The Hall–Kier alpha value is -1.66. The number of carbonyl (C=O) groups excluding carboxylic acids is 1. The lowest BCUT2D eigenvalue weighted by molar-refractivity contribution is -0.0461. The van der Waals surface area contributed by atoms with E-state index in [4.69, 9.17) is 10.5 Å². The van der Waals surface area contributed by atoms with E-state index in [0.717, 1.165) is 25.4 Å². The van der Waals surface area contributed by atoms with Crippen LogP contribution in [-0.4, -0.2) is 54.2 Å². The molecule has 0 aromatic carbocycles. The Kier molecular flexibility index (Phi) is 4.07.